The molecule has 158 valence electrons. The molecular formula is C20H20N2O6S2. The van der Waals surface area contributed by atoms with E-state index in [9.17, 15) is 19.8 Å². The van der Waals surface area contributed by atoms with E-state index in [4.69, 9.17) is 9.47 Å². The summed E-state index contributed by atoms with van der Waals surface area (Å²) >= 11 is 2.51. The Hall–Kier alpha value is -2.72. The number of thioether (sulfide) groups is 2. The summed E-state index contributed by atoms with van der Waals surface area (Å²) in [5.41, 5.74) is 1.32. The summed E-state index contributed by atoms with van der Waals surface area (Å²) < 4.78 is 9.96. The number of esters is 2. The molecule has 0 aliphatic carbocycles. The van der Waals surface area contributed by atoms with Gasteiger partial charge >= 0.3 is 11.9 Å². The largest absolute Gasteiger partial charge is 0.510 e. The second-order valence-electron chi connectivity index (χ2n) is 6.01. The smallest absolute Gasteiger partial charge is 0.344 e. The number of aliphatic imine (C=N–C) groups is 2. The quantitative estimate of drug-likeness (QED) is 0.627. The zero-order valence-electron chi connectivity index (χ0n) is 16.4. The number of hydrogen-bond acceptors (Lipinski definition) is 10. The number of carbonyl (C=O) groups is 2. The van der Waals surface area contributed by atoms with Crippen LogP contribution < -0.4 is 0 Å². The molecule has 2 aliphatic heterocycles. The normalized spacial score (nSPS) is 19.1. The lowest BCUT2D eigenvalue weighted by atomic mass is 10.2. The molecule has 0 saturated heterocycles. The van der Waals surface area contributed by atoms with Crippen molar-refractivity contribution in [2.24, 2.45) is 9.98 Å². The van der Waals surface area contributed by atoms with Crippen LogP contribution in [0.15, 0.2) is 56.9 Å². The van der Waals surface area contributed by atoms with Gasteiger partial charge in [0.05, 0.1) is 36.1 Å². The van der Waals surface area contributed by atoms with E-state index in [1.807, 2.05) is 0 Å². The summed E-state index contributed by atoms with van der Waals surface area (Å²) in [7, 11) is 0. The minimum absolute atomic E-state index is 0.0448. The van der Waals surface area contributed by atoms with Gasteiger partial charge in [0.15, 0.2) is 0 Å². The maximum absolute atomic E-state index is 12.0. The van der Waals surface area contributed by atoms with Gasteiger partial charge in [-0.1, -0.05) is 23.5 Å². The molecule has 2 N–H and O–H groups in total. The molecule has 1 aromatic rings. The maximum atomic E-state index is 12.0. The van der Waals surface area contributed by atoms with E-state index < -0.39 is 11.9 Å². The average molecular weight is 449 g/mol. The molecule has 0 saturated carbocycles. The summed E-state index contributed by atoms with van der Waals surface area (Å²) in [5, 5.41) is 20.7. The molecule has 0 bridgehead atoms. The van der Waals surface area contributed by atoms with E-state index in [-0.39, 0.29) is 47.4 Å². The summed E-state index contributed by atoms with van der Waals surface area (Å²) in [5.74, 6) is -0.755. The van der Waals surface area contributed by atoms with Crippen molar-refractivity contribution >= 4 is 56.9 Å². The van der Waals surface area contributed by atoms with Gasteiger partial charge < -0.3 is 19.7 Å². The van der Waals surface area contributed by atoms with Crippen LogP contribution in [-0.2, 0) is 19.1 Å². The van der Waals surface area contributed by atoms with Crippen LogP contribution in [0.1, 0.15) is 13.8 Å². The Bertz CT molecular complexity index is 901. The van der Waals surface area contributed by atoms with Gasteiger partial charge in [-0.25, -0.2) is 19.6 Å². The topological polar surface area (TPSA) is 118 Å². The minimum Gasteiger partial charge on any atom is -0.510 e. The third kappa shape index (κ3) is 4.88. The van der Waals surface area contributed by atoms with E-state index >= 15 is 0 Å². The van der Waals surface area contributed by atoms with Gasteiger partial charge in [-0.2, -0.15) is 0 Å². The first-order chi connectivity index (χ1) is 14.4. The highest BCUT2D eigenvalue weighted by Crippen LogP contribution is 2.32. The molecule has 8 nitrogen and oxygen atoms in total. The number of rotatable bonds is 6. The third-order valence-corrected chi connectivity index (χ3v) is 5.94. The predicted octanol–water partition coefficient (Wildman–Crippen LogP) is 3.99. The highest BCUT2D eigenvalue weighted by Gasteiger charge is 2.30. The molecule has 2 aliphatic rings. The maximum Gasteiger partial charge on any atom is 0.344 e. The van der Waals surface area contributed by atoms with Crippen molar-refractivity contribution in [1.29, 1.82) is 0 Å². The molecule has 0 fully saturated rings. The molecule has 1 aromatic carbocycles. The van der Waals surface area contributed by atoms with Crippen LogP contribution in [0.5, 0.6) is 0 Å². The molecule has 10 heteroatoms. The number of hydrogen-bond donors (Lipinski definition) is 2. The lowest BCUT2D eigenvalue weighted by Gasteiger charge is -2.05. The fourth-order valence-electron chi connectivity index (χ4n) is 2.64. The number of benzene rings is 1. The Morgan fingerprint density at radius 1 is 0.833 bits per heavy atom. The van der Waals surface area contributed by atoms with Crippen molar-refractivity contribution in [3.8, 4) is 0 Å². The van der Waals surface area contributed by atoms with Gasteiger partial charge in [-0.05, 0) is 38.1 Å². The van der Waals surface area contributed by atoms with E-state index in [2.05, 4.69) is 9.98 Å². The Labute approximate surface area is 181 Å². The van der Waals surface area contributed by atoms with Gasteiger partial charge in [-0.3, -0.25) is 0 Å². The number of aliphatic hydroxyl groups is 2. The first kappa shape index (κ1) is 22.0. The zero-order valence-corrected chi connectivity index (χ0v) is 18.0. The van der Waals surface area contributed by atoms with Gasteiger partial charge in [0.1, 0.15) is 32.8 Å². The summed E-state index contributed by atoms with van der Waals surface area (Å²) in [6, 6.07) is 6.83. The zero-order chi connectivity index (χ0) is 21.7. The predicted molar refractivity (Wildman–Crippen MR) is 118 cm³/mol. The van der Waals surface area contributed by atoms with E-state index in [1.165, 1.54) is 23.5 Å². The van der Waals surface area contributed by atoms with E-state index in [0.29, 0.717) is 21.5 Å². The molecule has 30 heavy (non-hydrogen) atoms. The van der Waals surface area contributed by atoms with Crippen LogP contribution in [0, 0.1) is 0 Å². The van der Waals surface area contributed by atoms with E-state index in [1.54, 1.807) is 38.1 Å². The molecule has 0 unspecified atom stereocenters. The second-order valence-corrected chi connectivity index (χ2v) is 7.94. The standard InChI is InChI=1S/C20H20N2O6S2/c1-3-27-19(25)15-13(23)9-29-17(15)21-11-5-7-12(8-6-11)22-18-16(14(24)10-30-18)20(26)28-4-2/h5-8,23-24H,3-4,9-10H2,1-2H3. The van der Waals surface area contributed by atoms with Gasteiger partial charge in [0.2, 0.25) is 0 Å². The molecule has 0 amide bonds. The lowest BCUT2D eigenvalue weighted by Crippen LogP contribution is -2.13. The van der Waals surface area contributed by atoms with Crippen molar-refractivity contribution in [2.75, 3.05) is 24.7 Å². The van der Waals surface area contributed by atoms with Crippen LogP contribution in [0.3, 0.4) is 0 Å². The van der Waals surface area contributed by atoms with Crippen LogP contribution in [0.2, 0.25) is 0 Å². The molecule has 0 radical (unpaired) electrons. The molecule has 3 rings (SSSR count). The first-order valence-corrected chi connectivity index (χ1v) is 11.1. The Morgan fingerprint density at radius 3 is 1.53 bits per heavy atom. The molecular weight excluding hydrogens is 428 g/mol. The van der Waals surface area contributed by atoms with Crippen LogP contribution in [0.4, 0.5) is 11.4 Å². The van der Waals surface area contributed by atoms with Gasteiger partial charge in [0, 0.05) is 0 Å². The summed E-state index contributed by atoms with van der Waals surface area (Å²) in [4.78, 5) is 33.0. The second kappa shape index (κ2) is 9.86. The van der Waals surface area contributed by atoms with Gasteiger partial charge in [0.25, 0.3) is 0 Å². The highest BCUT2D eigenvalue weighted by molar-refractivity contribution is 8.15. The minimum atomic E-state index is -0.599. The fraction of sp³-hybridized carbons (Fsp3) is 0.300. The molecule has 2 heterocycles. The van der Waals surface area contributed by atoms with Crippen molar-refractivity contribution < 1.29 is 29.3 Å². The van der Waals surface area contributed by atoms with Gasteiger partial charge in [-0.15, -0.1) is 0 Å². The molecule has 0 atom stereocenters. The Balaban J connectivity index is 1.80. The summed E-state index contributed by atoms with van der Waals surface area (Å²) in [6.07, 6.45) is 0. The number of carbonyl (C=O) groups excluding carboxylic acids is 2. The van der Waals surface area contributed by atoms with Crippen molar-refractivity contribution in [1.82, 2.24) is 0 Å². The Morgan fingerprint density at radius 2 is 1.20 bits per heavy atom. The van der Waals surface area contributed by atoms with Crippen molar-refractivity contribution in [3.05, 3.63) is 46.9 Å². The van der Waals surface area contributed by atoms with E-state index in [0.717, 1.165) is 0 Å². The average Bonchev–Trinajstić information content (AvgIpc) is 3.26. The van der Waals surface area contributed by atoms with Crippen LogP contribution in [0.25, 0.3) is 0 Å². The monoisotopic (exact) mass is 448 g/mol. The number of aliphatic hydroxyl groups excluding tert-OH is 2. The number of ether oxygens (including phenoxy) is 2. The van der Waals surface area contributed by atoms with Crippen molar-refractivity contribution in [2.45, 2.75) is 13.8 Å². The lowest BCUT2D eigenvalue weighted by molar-refractivity contribution is -0.139. The molecule has 0 aromatic heterocycles. The fourth-order valence-corrected chi connectivity index (χ4v) is 4.50. The Kier molecular flexibility index (Phi) is 7.22. The molecule has 0 spiro atoms. The van der Waals surface area contributed by atoms with Crippen LogP contribution >= 0.6 is 23.5 Å². The summed E-state index contributed by atoms with van der Waals surface area (Å²) in [6.45, 7) is 3.80. The first-order valence-electron chi connectivity index (χ1n) is 9.16. The van der Waals surface area contributed by atoms with Crippen LogP contribution in [-0.4, -0.2) is 57.0 Å². The van der Waals surface area contributed by atoms with Crippen molar-refractivity contribution in [3.63, 3.8) is 0 Å². The number of nitrogens with zero attached hydrogens (tertiary/aromatic N) is 2. The highest BCUT2D eigenvalue weighted by atomic mass is 32.2. The SMILES string of the molecule is CCOC(=O)C1=C(O)CSC1=Nc1ccc(N=C2SCC(O)=C2C(=O)OCC)cc1. The third-order valence-electron chi connectivity index (χ3n) is 3.97.